The Bertz CT molecular complexity index is 2790. The van der Waals surface area contributed by atoms with E-state index >= 15 is 0 Å². The average Bonchev–Trinajstić information content (AvgIpc) is 3.42. The van der Waals surface area contributed by atoms with Crippen LogP contribution in [0.4, 0.5) is 0 Å². The first kappa shape index (κ1) is 29.7. The van der Waals surface area contributed by atoms with Crippen molar-refractivity contribution >= 4 is 32.3 Å². The van der Waals surface area contributed by atoms with Crippen molar-refractivity contribution in [2.24, 2.45) is 0 Å². The molecular formula is C51H36. The van der Waals surface area contributed by atoms with E-state index in [0.29, 0.717) is 0 Å². The highest BCUT2D eigenvalue weighted by Gasteiger charge is 2.35. The van der Waals surface area contributed by atoms with Crippen LogP contribution in [0, 0.1) is 0 Å². The highest BCUT2D eigenvalue weighted by Crippen LogP contribution is 2.51. The quantitative estimate of drug-likeness (QED) is 0.167. The summed E-state index contributed by atoms with van der Waals surface area (Å²) in [7, 11) is 0. The Hall–Kier alpha value is -6.24. The van der Waals surface area contributed by atoms with E-state index in [4.69, 9.17) is 0 Å². The van der Waals surface area contributed by atoms with Crippen molar-refractivity contribution in [2.45, 2.75) is 19.3 Å². The van der Waals surface area contributed by atoms with Gasteiger partial charge in [-0.3, -0.25) is 0 Å². The van der Waals surface area contributed by atoms with Gasteiger partial charge in [0, 0.05) is 5.41 Å². The molecule has 0 spiro atoms. The SMILES string of the molecule is CC1(C)c2ccccc2-c2cc(-c3c4ccccc4c(-c4ccc(-c5ccccc5)cc4)c4ccc(-c5cccc6ccccc56)cc34)ccc21. The zero-order valence-corrected chi connectivity index (χ0v) is 28.8. The molecule has 9 aromatic rings. The van der Waals surface area contributed by atoms with Gasteiger partial charge in [0.15, 0.2) is 0 Å². The third-order valence-electron chi connectivity index (χ3n) is 11.3. The van der Waals surface area contributed by atoms with Gasteiger partial charge in [0.05, 0.1) is 0 Å². The summed E-state index contributed by atoms with van der Waals surface area (Å²) in [5.74, 6) is 0. The lowest BCUT2D eigenvalue weighted by molar-refractivity contribution is 0.660. The van der Waals surface area contributed by atoms with Crippen molar-refractivity contribution < 1.29 is 0 Å². The molecule has 0 radical (unpaired) electrons. The van der Waals surface area contributed by atoms with E-state index in [1.807, 2.05) is 0 Å². The fraction of sp³-hybridized carbons (Fsp3) is 0.0588. The van der Waals surface area contributed by atoms with Crippen molar-refractivity contribution in [3.8, 4) is 55.6 Å². The molecule has 1 aliphatic rings. The Morgan fingerprint density at radius 1 is 0.294 bits per heavy atom. The van der Waals surface area contributed by atoms with Crippen LogP contribution in [-0.4, -0.2) is 0 Å². The Morgan fingerprint density at radius 2 is 0.824 bits per heavy atom. The number of hydrogen-bond acceptors (Lipinski definition) is 0. The van der Waals surface area contributed by atoms with Gasteiger partial charge in [0.2, 0.25) is 0 Å². The van der Waals surface area contributed by atoms with Gasteiger partial charge in [0.1, 0.15) is 0 Å². The standard InChI is InChI=1S/C51H36/c1-51(2)47-22-11-10-18-41(47)45-32-38(28-30-48(45)51)50-43-20-9-8-19-42(43)49(36-25-23-34(24-26-36)33-13-4-3-5-14-33)44-29-27-37(31-46(44)50)40-21-12-16-35-15-6-7-17-39(35)40/h3-32H,1-2H3. The molecule has 1 aliphatic carbocycles. The first-order valence-electron chi connectivity index (χ1n) is 17.9. The number of hydrogen-bond donors (Lipinski definition) is 0. The van der Waals surface area contributed by atoms with Crippen LogP contribution in [0.1, 0.15) is 25.0 Å². The summed E-state index contributed by atoms with van der Waals surface area (Å²) in [4.78, 5) is 0. The van der Waals surface area contributed by atoms with E-state index in [2.05, 4.69) is 196 Å². The number of fused-ring (bicyclic) bond motifs is 6. The molecule has 0 fully saturated rings. The van der Waals surface area contributed by atoms with Gasteiger partial charge in [-0.1, -0.05) is 184 Å². The lowest BCUT2D eigenvalue weighted by atomic mass is 9.81. The van der Waals surface area contributed by atoms with Gasteiger partial charge >= 0.3 is 0 Å². The second kappa shape index (κ2) is 11.4. The lowest BCUT2D eigenvalue weighted by Gasteiger charge is -2.22. The van der Waals surface area contributed by atoms with Crippen LogP contribution >= 0.6 is 0 Å². The molecule has 0 bridgehead atoms. The predicted octanol–water partition coefficient (Wildman–Crippen LogP) is 14.1. The average molecular weight is 649 g/mol. The smallest absolute Gasteiger partial charge is 0.0158 e. The maximum absolute atomic E-state index is 2.46. The van der Waals surface area contributed by atoms with Gasteiger partial charge in [-0.05, 0) is 111 Å². The topological polar surface area (TPSA) is 0 Å². The minimum Gasteiger partial charge on any atom is -0.0622 e. The van der Waals surface area contributed by atoms with E-state index < -0.39 is 0 Å². The van der Waals surface area contributed by atoms with Gasteiger partial charge in [0.25, 0.3) is 0 Å². The highest BCUT2D eigenvalue weighted by atomic mass is 14.4. The fourth-order valence-corrected chi connectivity index (χ4v) is 8.78. The van der Waals surface area contributed by atoms with Crippen LogP contribution < -0.4 is 0 Å². The van der Waals surface area contributed by atoms with Crippen LogP contribution in [0.3, 0.4) is 0 Å². The fourth-order valence-electron chi connectivity index (χ4n) is 8.78. The van der Waals surface area contributed by atoms with Crippen molar-refractivity contribution in [3.05, 3.63) is 193 Å². The molecule has 0 amide bonds. The molecule has 0 unspecified atom stereocenters. The molecule has 0 saturated heterocycles. The van der Waals surface area contributed by atoms with Crippen LogP contribution in [0.5, 0.6) is 0 Å². The second-order valence-electron chi connectivity index (χ2n) is 14.5. The first-order chi connectivity index (χ1) is 25.1. The first-order valence-corrected chi connectivity index (χ1v) is 17.9. The normalized spacial score (nSPS) is 13.1. The molecular weight excluding hydrogens is 613 g/mol. The van der Waals surface area contributed by atoms with E-state index in [9.17, 15) is 0 Å². The van der Waals surface area contributed by atoms with Crippen molar-refractivity contribution in [2.75, 3.05) is 0 Å². The third kappa shape index (κ3) is 4.60. The molecule has 51 heavy (non-hydrogen) atoms. The summed E-state index contributed by atoms with van der Waals surface area (Å²) < 4.78 is 0. The molecule has 9 aromatic carbocycles. The van der Waals surface area contributed by atoms with Crippen LogP contribution in [0.25, 0.3) is 88.0 Å². The molecule has 0 nitrogen and oxygen atoms in total. The maximum Gasteiger partial charge on any atom is 0.0158 e. The summed E-state index contributed by atoms with van der Waals surface area (Å²) >= 11 is 0. The summed E-state index contributed by atoms with van der Waals surface area (Å²) in [5.41, 5.74) is 15.4. The van der Waals surface area contributed by atoms with Gasteiger partial charge < -0.3 is 0 Å². The molecule has 240 valence electrons. The summed E-state index contributed by atoms with van der Waals surface area (Å²) in [5, 5.41) is 7.61. The summed E-state index contributed by atoms with van der Waals surface area (Å²) in [6.45, 7) is 4.72. The van der Waals surface area contributed by atoms with Crippen molar-refractivity contribution in [1.29, 1.82) is 0 Å². The largest absolute Gasteiger partial charge is 0.0622 e. The van der Waals surface area contributed by atoms with E-state index in [0.717, 1.165) is 0 Å². The predicted molar refractivity (Wildman–Crippen MR) is 218 cm³/mol. The molecule has 0 heteroatoms. The molecule has 0 aromatic heterocycles. The maximum atomic E-state index is 2.46. The highest BCUT2D eigenvalue weighted by molar-refractivity contribution is 6.22. The Labute approximate surface area is 299 Å². The van der Waals surface area contributed by atoms with Crippen molar-refractivity contribution in [1.82, 2.24) is 0 Å². The lowest BCUT2D eigenvalue weighted by Crippen LogP contribution is -2.14. The van der Waals surface area contributed by atoms with Crippen LogP contribution in [0.15, 0.2) is 182 Å². The summed E-state index contributed by atoms with van der Waals surface area (Å²) in [6, 6.07) is 67.5. The van der Waals surface area contributed by atoms with E-state index in [-0.39, 0.29) is 5.41 Å². The van der Waals surface area contributed by atoms with Crippen LogP contribution in [0.2, 0.25) is 0 Å². The zero-order valence-electron chi connectivity index (χ0n) is 28.8. The van der Waals surface area contributed by atoms with Gasteiger partial charge in [-0.25, -0.2) is 0 Å². The number of benzene rings is 9. The van der Waals surface area contributed by atoms with Crippen LogP contribution in [-0.2, 0) is 5.41 Å². The van der Waals surface area contributed by atoms with Crippen molar-refractivity contribution in [3.63, 3.8) is 0 Å². The van der Waals surface area contributed by atoms with E-state index in [1.54, 1.807) is 0 Å². The van der Waals surface area contributed by atoms with Gasteiger partial charge in [-0.15, -0.1) is 0 Å². The Morgan fingerprint density at radius 3 is 1.63 bits per heavy atom. The minimum atomic E-state index is -0.0358. The summed E-state index contributed by atoms with van der Waals surface area (Å²) in [6.07, 6.45) is 0. The number of rotatable bonds is 4. The molecule has 10 rings (SSSR count). The Kier molecular flexibility index (Phi) is 6.63. The minimum absolute atomic E-state index is 0.0358. The van der Waals surface area contributed by atoms with Gasteiger partial charge in [-0.2, -0.15) is 0 Å². The third-order valence-corrected chi connectivity index (χ3v) is 11.3. The molecule has 0 aliphatic heterocycles. The monoisotopic (exact) mass is 648 g/mol. The second-order valence-corrected chi connectivity index (χ2v) is 14.5. The molecule has 0 saturated carbocycles. The Balaban J connectivity index is 1.27. The molecule has 0 N–H and O–H groups in total. The zero-order chi connectivity index (χ0) is 34.1. The van der Waals surface area contributed by atoms with E-state index in [1.165, 1.54) is 99.1 Å². The molecule has 0 heterocycles. The molecule has 0 atom stereocenters.